The number of hydrogen-bond acceptors (Lipinski definition) is 2. The van der Waals surface area contributed by atoms with Gasteiger partial charge in [-0.05, 0) is 34.1 Å². The quantitative estimate of drug-likeness (QED) is 0.746. The molecule has 0 bridgehead atoms. The number of carbonyl (C=O) groups excluding carboxylic acids is 1. The second-order valence-corrected chi connectivity index (χ2v) is 5.21. The fraction of sp³-hybridized carbons (Fsp3) is 0.0714. The van der Waals surface area contributed by atoms with E-state index in [2.05, 4.69) is 15.9 Å². The average Bonchev–Trinajstić information content (AvgIpc) is 2.37. The first-order valence-electron chi connectivity index (χ1n) is 5.47. The average molecular weight is 362 g/mol. The highest BCUT2D eigenvalue weighted by Gasteiger charge is 2.22. The molecule has 0 aliphatic carbocycles. The smallest absolute Gasteiger partial charge is 0.200 e. The molecule has 0 heterocycles. The van der Waals surface area contributed by atoms with Gasteiger partial charge in [0.25, 0.3) is 0 Å². The Kier molecular flexibility index (Phi) is 4.40. The summed E-state index contributed by atoms with van der Waals surface area (Å²) in [7, 11) is 1.28. The maximum absolute atomic E-state index is 13.9. The lowest BCUT2D eigenvalue weighted by atomic mass is 10.0. The molecule has 2 rings (SSSR count). The standard InChI is InChI=1S/C14H8BrClF2O2/c1-20-8-5-11(17)13(12(18)6-8)14(19)9-3-2-7(16)4-10(9)15/h2-6H,1H3. The number of rotatable bonds is 3. The molecular formula is C14H8BrClF2O2. The third-order valence-electron chi connectivity index (χ3n) is 2.65. The normalized spacial score (nSPS) is 10.4. The largest absolute Gasteiger partial charge is 0.497 e. The van der Waals surface area contributed by atoms with Crippen molar-refractivity contribution < 1.29 is 18.3 Å². The van der Waals surface area contributed by atoms with Crippen LogP contribution in [0.3, 0.4) is 0 Å². The molecule has 0 fully saturated rings. The van der Waals surface area contributed by atoms with Crippen LogP contribution in [0.15, 0.2) is 34.8 Å². The molecule has 2 aromatic carbocycles. The Morgan fingerprint density at radius 3 is 2.30 bits per heavy atom. The molecule has 0 radical (unpaired) electrons. The van der Waals surface area contributed by atoms with Crippen molar-refractivity contribution in [2.24, 2.45) is 0 Å². The van der Waals surface area contributed by atoms with E-state index in [-0.39, 0.29) is 11.3 Å². The SMILES string of the molecule is COc1cc(F)c(C(=O)c2ccc(Cl)cc2Br)c(F)c1. The number of carbonyl (C=O) groups is 1. The van der Waals surface area contributed by atoms with Crippen LogP contribution in [0.4, 0.5) is 8.78 Å². The van der Waals surface area contributed by atoms with Crippen LogP contribution in [0, 0.1) is 11.6 Å². The van der Waals surface area contributed by atoms with Crippen LogP contribution in [-0.4, -0.2) is 12.9 Å². The second-order valence-electron chi connectivity index (χ2n) is 3.92. The van der Waals surface area contributed by atoms with E-state index in [1.165, 1.54) is 25.3 Å². The summed E-state index contributed by atoms with van der Waals surface area (Å²) in [5.74, 6) is -2.72. The maximum Gasteiger partial charge on any atom is 0.200 e. The van der Waals surface area contributed by atoms with Crippen molar-refractivity contribution in [1.29, 1.82) is 0 Å². The lowest BCUT2D eigenvalue weighted by Gasteiger charge is -2.08. The molecule has 0 saturated carbocycles. The third-order valence-corrected chi connectivity index (χ3v) is 3.55. The summed E-state index contributed by atoms with van der Waals surface area (Å²) in [5, 5.41) is 0.407. The molecule has 0 atom stereocenters. The first-order valence-corrected chi connectivity index (χ1v) is 6.64. The zero-order valence-corrected chi connectivity index (χ0v) is 12.6. The first-order chi connectivity index (χ1) is 9.43. The van der Waals surface area contributed by atoms with Gasteiger partial charge in [-0.2, -0.15) is 0 Å². The summed E-state index contributed by atoms with van der Waals surface area (Å²) in [6.45, 7) is 0. The highest BCUT2D eigenvalue weighted by molar-refractivity contribution is 9.10. The third kappa shape index (κ3) is 2.83. The Hall–Kier alpha value is -1.46. The van der Waals surface area contributed by atoms with E-state index in [0.717, 1.165) is 12.1 Å². The Labute approximate surface area is 127 Å². The van der Waals surface area contributed by atoms with Gasteiger partial charge in [0.15, 0.2) is 5.78 Å². The van der Waals surface area contributed by atoms with Crippen LogP contribution in [0.1, 0.15) is 15.9 Å². The van der Waals surface area contributed by atoms with Crippen molar-refractivity contribution in [2.45, 2.75) is 0 Å². The highest BCUT2D eigenvalue weighted by Crippen LogP contribution is 2.27. The van der Waals surface area contributed by atoms with Crippen LogP contribution in [0.5, 0.6) is 5.75 Å². The van der Waals surface area contributed by atoms with Gasteiger partial charge in [-0.1, -0.05) is 11.6 Å². The fourth-order valence-electron chi connectivity index (χ4n) is 1.69. The second kappa shape index (κ2) is 5.89. The predicted molar refractivity (Wildman–Crippen MR) is 75.5 cm³/mol. The molecule has 0 aliphatic rings. The molecule has 0 unspecified atom stereocenters. The van der Waals surface area contributed by atoms with E-state index in [0.29, 0.717) is 9.50 Å². The molecular weight excluding hydrogens is 354 g/mol. The number of ether oxygens (including phenoxy) is 1. The Morgan fingerprint density at radius 1 is 1.20 bits per heavy atom. The Morgan fingerprint density at radius 2 is 1.80 bits per heavy atom. The summed E-state index contributed by atoms with van der Waals surface area (Å²) in [4.78, 5) is 12.2. The number of ketones is 1. The summed E-state index contributed by atoms with van der Waals surface area (Å²) >= 11 is 8.91. The maximum atomic E-state index is 13.9. The van der Waals surface area contributed by atoms with E-state index in [1.807, 2.05) is 0 Å². The minimum Gasteiger partial charge on any atom is -0.497 e. The molecule has 2 nitrogen and oxygen atoms in total. The van der Waals surface area contributed by atoms with Crippen LogP contribution < -0.4 is 4.74 Å². The lowest BCUT2D eigenvalue weighted by Crippen LogP contribution is -2.08. The zero-order valence-electron chi connectivity index (χ0n) is 10.2. The van der Waals surface area contributed by atoms with Gasteiger partial charge in [0, 0.05) is 27.2 Å². The monoisotopic (exact) mass is 360 g/mol. The van der Waals surface area contributed by atoms with E-state index < -0.39 is 23.0 Å². The van der Waals surface area contributed by atoms with Gasteiger partial charge in [0.05, 0.1) is 12.7 Å². The molecule has 0 saturated heterocycles. The zero-order chi connectivity index (χ0) is 14.9. The molecule has 20 heavy (non-hydrogen) atoms. The molecule has 6 heteroatoms. The molecule has 0 N–H and O–H groups in total. The summed E-state index contributed by atoms with van der Waals surface area (Å²) in [5.41, 5.74) is -0.508. The summed E-state index contributed by atoms with van der Waals surface area (Å²) in [6, 6.07) is 6.27. The van der Waals surface area contributed by atoms with E-state index in [4.69, 9.17) is 16.3 Å². The fourth-order valence-corrected chi connectivity index (χ4v) is 2.56. The van der Waals surface area contributed by atoms with Gasteiger partial charge in [-0.3, -0.25) is 4.79 Å². The molecule has 0 aliphatic heterocycles. The van der Waals surface area contributed by atoms with E-state index in [9.17, 15) is 13.6 Å². The van der Waals surface area contributed by atoms with Gasteiger partial charge >= 0.3 is 0 Å². The van der Waals surface area contributed by atoms with Gasteiger partial charge in [-0.25, -0.2) is 8.78 Å². The minimum absolute atomic E-state index is 0.00622. The van der Waals surface area contributed by atoms with Crippen LogP contribution >= 0.6 is 27.5 Å². The topological polar surface area (TPSA) is 26.3 Å². The highest BCUT2D eigenvalue weighted by atomic mass is 79.9. The van der Waals surface area contributed by atoms with Crippen LogP contribution in [-0.2, 0) is 0 Å². The van der Waals surface area contributed by atoms with Crippen molar-refractivity contribution >= 4 is 33.3 Å². The van der Waals surface area contributed by atoms with E-state index >= 15 is 0 Å². The molecule has 104 valence electrons. The van der Waals surface area contributed by atoms with Crippen molar-refractivity contribution in [3.63, 3.8) is 0 Å². The molecule has 0 spiro atoms. The molecule has 0 aromatic heterocycles. The molecule has 0 amide bonds. The van der Waals surface area contributed by atoms with Crippen molar-refractivity contribution in [3.8, 4) is 5.75 Å². The summed E-state index contributed by atoms with van der Waals surface area (Å²) in [6.07, 6.45) is 0. The number of benzene rings is 2. The van der Waals surface area contributed by atoms with Gasteiger partial charge in [0.1, 0.15) is 17.4 Å². The van der Waals surface area contributed by atoms with Gasteiger partial charge in [-0.15, -0.1) is 0 Å². The Balaban J connectivity index is 2.54. The van der Waals surface area contributed by atoms with Crippen molar-refractivity contribution in [3.05, 3.63) is 62.6 Å². The number of hydrogen-bond donors (Lipinski definition) is 0. The lowest BCUT2D eigenvalue weighted by molar-refractivity contribution is 0.103. The summed E-state index contributed by atoms with van der Waals surface area (Å²) < 4.78 is 32.8. The van der Waals surface area contributed by atoms with Gasteiger partial charge in [0.2, 0.25) is 0 Å². The van der Waals surface area contributed by atoms with Crippen molar-refractivity contribution in [1.82, 2.24) is 0 Å². The molecule has 2 aromatic rings. The predicted octanol–water partition coefficient (Wildman–Crippen LogP) is 4.62. The van der Waals surface area contributed by atoms with Crippen molar-refractivity contribution in [2.75, 3.05) is 7.11 Å². The van der Waals surface area contributed by atoms with Gasteiger partial charge < -0.3 is 4.74 Å². The first kappa shape index (κ1) is 14.9. The van der Waals surface area contributed by atoms with Crippen LogP contribution in [0.25, 0.3) is 0 Å². The number of methoxy groups -OCH3 is 1. The Bertz CT molecular complexity index is 666. The van der Waals surface area contributed by atoms with Crippen LogP contribution in [0.2, 0.25) is 5.02 Å². The van der Waals surface area contributed by atoms with E-state index in [1.54, 1.807) is 0 Å². The minimum atomic E-state index is -0.978. The number of halogens is 4.